The van der Waals surface area contributed by atoms with E-state index in [4.69, 9.17) is 4.74 Å². The maximum absolute atomic E-state index is 12.0. The lowest BCUT2D eigenvalue weighted by molar-refractivity contribution is 0.0108. The van der Waals surface area contributed by atoms with Gasteiger partial charge in [0, 0.05) is 6.04 Å². The van der Waals surface area contributed by atoms with Gasteiger partial charge in [-0.1, -0.05) is 34.6 Å². The number of carbonyl (C=O) groups is 1. The number of carbonyl (C=O) groups excluding carboxylic acids is 1. The standard InChI is InChI=1S/C18H35NO2/c1-12(2)18(13(3)4)10-9-15(14(5)11-18)19-16(20)21-17(6,7)8/h12-15H,9-11H2,1-8H3,(H,19,20)/t14-,15?/m1/s1. The Bertz CT molecular complexity index is 347. The Morgan fingerprint density at radius 2 is 1.71 bits per heavy atom. The van der Waals surface area contributed by atoms with Gasteiger partial charge in [0.1, 0.15) is 5.60 Å². The van der Waals surface area contributed by atoms with E-state index in [1.165, 1.54) is 12.8 Å². The van der Waals surface area contributed by atoms with Crippen molar-refractivity contribution in [2.45, 2.75) is 86.3 Å². The molecule has 3 nitrogen and oxygen atoms in total. The molecule has 0 aromatic rings. The van der Waals surface area contributed by atoms with Crippen LogP contribution in [0.1, 0.15) is 74.7 Å². The zero-order chi connectivity index (χ0) is 16.4. The van der Waals surface area contributed by atoms with Crippen molar-refractivity contribution in [2.75, 3.05) is 0 Å². The predicted octanol–water partition coefficient (Wildman–Crippen LogP) is 5.00. The highest BCUT2D eigenvalue weighted by atomic mass is 16.6. The van der Waals surface area contributed by atoms with Gasteiger partial charge in [0.2, 0.25) is 0 Å². The van der Waals surface area contributed by atoms with E-state index in [9.17, 15) is 4.79 Å². The second kappa shape index (κ2) is 6.58. The molecule has 0 aromatic heterocycles. The summed E-state index contributed by atoms with van der Waals surface area (Å²) in [6, 6.07) is 0.241. The first-order valence-corrected chi connectivity index (χ1v) is 8.47. The fourth-order valence-electron chi connectivity index (χ4n) is 3.94. The van der Waals surface area contributed by atoms with Crippen LogP contribution in [-0.2, 0) is 4.74 Å². The van der Waals surface area contributed by atoms with Crippen molar-refractivity contribution in [3.05, 3.63) is 0 Å². The van der Waals surface area contributed by atoms with E-state index < -0.39 is 5.60 Å². The van der Waals surface area contributed by atoms with E-state index in [1.54, 1.807) is 0 Å². The highest BCUT2D eigenvalue weighted by molar-refractivity contribution is 5.68. The van der Waals surface area contributed by atoms with Crippen LogP contribution < -0.4 is 5.32 Å². The number of hydrogen-bond donors (Lipinski definition) is 1. The molecule has 0 radical (unpaired) electrons. The normalized spacial score (nSPS) is 26.0. The average molecular weight is 297 g/mol. The van der Waals surface area contributed by atoms with E-state index in [2.05, 4.69) is 39.9 Å². The van der Waals surface area contributed by atoms with E-state index in [0.29, 0.717) is 23.2 Å². The average Bonchev–Trinajstić information content (AvgIpc) is 2.28. The van der Waals surface area contributed by atoms with E-state index in [0.717, 1.165) is 6.42 Å². The summed E-state index contributed by atoms with van der Waals surface area (Å²) in [4.78, 5) is 12.0. The summed E-state index contributed by atoms with van der Waals surface area (Å²) in [5.74, 6) is 1.86. The molecular formula is C18H35NO2. The Labute approximate surface area is 131 Å². The molecule has 1 aliphatic carbocycles. The fourth-order valence-corrected chi connectivity index (χ4v) is 3.94. The molecule has 0 heterocycles. The van der Waals surface area contributed by atoms with Gasteiger partial charge in [-0.3, -0.25) is 0 Å². The zero-order valence-electron chi connectivity index (χ0n) is 15.2. The molecule has 1 unspecified atom stereocenters. The Morgan fingerprint density at radius 1 is 1.19 bits per heavy atom. The highest BCUT2D eigenvalue weighted by Crippen LogP contribution is 2.49. The van der Waals surface area contributed by atoms with Gasteiger partial charge in [0.05, 0.1) is 0 Å². The number of hydrogen-bond acceptors (Lipinski definition) is 2. The molecule has 2 atom stereocenters. The van der Waals surface area contributed by atoms with Crippen LogP contribution in [0.3, 0.4) is 0 Å². The van der Waals surface area contributed by atoms with Crippen LogP contribution in [0.2, 0.25) is 0 Å². The molecule has 0 spiro atoms. The Hall–Kier alpha value is -0.730. The quantitative estimate of drug-likeness (QED) is 0.796. The van der Waals surface area contributed by atoms with Gasteiger partial charge in [-0.05, 0) is 63.2 Å². The minimum Gasteiger partial charge on any atom is -0.444 e. The molecular weight excluding hydrogens is 262 g/mol. The maximum Gasteiger partial charge on any atom is 0.407 e. The van der Waals surface area contributed by atoms with Crippen molar-refractivity contribution >= 4 is 6.09 Å². The summed E-state index contributed by atoms with van der Waals surface area (Å²) in [5.41, 5.74) is -0.0207. The van der Waals surface area contributed by atoms with E-state index in [1.807, 2.05) is 20.8 Å². The Kier molecular flexibility index (Phi) is 5.74. The Balaban J connectivity index is 2.67. The van der Waals surface area contributed by atoms with Gasteiger partial charge in [-0.2, -0.15) is 0 Å². The summed E-state index contributed by atoms with van der Waals surface area (Å²) in [6.45, 7) is 17.3. The van der Waals surface area contributed by atoms with E-state index >= 15 is 0 Å². The van der Waals surface area contributed by atoms with Crippen LogP contribution in [0.4, 0.5) is 4.79 Å². The van der Waals surface area contributed by atoms with Crippen LogP contribution in [0.25, 0.3) is 0 Å². The Morgan fingerprint density at radius 3 is 2.10 bits per heavy atom. The summed E-state index contributed by atoms with van der Waals surface area (Å²) in [5, 5.41) is 3.08. The zero-order valence-corrected chi connectivity index (χ0v) is 15.2. The van der Waals surface area contributed by atoms with Crippen molar-refractivity contribution in [3.8, 4) is 0 Å². The van der Waals surface area contributed by atoms with Gasteiger partial charge < -0.3 is 10.1 Å². The molecule has 1 amide bonds. The molecule has 1 saturated carbocycles. The van der Waals surface area contributed by atoms with Gasteiger partial charge >= 0.3 is 6.09 Å². The SMILES string of the molecule is CC(C)C1(C(C)C)CCC(NC(=O)OC(C)(C)C)[C@H](C)C1. The summed E-state index contributed by atoms with van der Waals surface area (Å²) in [6.07, 6.45) is 3.15. The molecule has 1 N–H and O–H groups in total. The molecule has 1 fully saturated rings. The largest absolute Gasteiger partial charge is 0.444 e. The second-order valence-electron chi connectivity index (χ2n) is 8.52. The topological polar surface area (TPSA) is 38.3 Å². The van der Waals surface area contributed by atoms with E-state index in [-0.39, 0.29) is 12.1 Å². The van der Waals surface area contributed by atoms with Crippen LogP contribution in [0.15, 0.2) is 0 Å². The summed E-state index contributed by atoms with van der Waals surface area (Å²) in [7, 11) is 0. The summed E-state index contributed by atoms with van der Waals surface area (Å²) >= 11 is 0. The monoisotopic (exact) mass is 297 g/mol. The molecule has 0 bridgehead atoms. The minimum absolute atomic E-state index is 0.241. The van der Waals surface area contributed by atoms with Crippen LogP contribution in [-0.4, -0.2) is 17.7 Å². The van der Waals surface area contributed by atoms with Crippen molar-refractivity contribution in [3.63, 3.8) is 0 Å². The lowest BCUT2D eigenvalue weighted by Gasteiger charge is -2.49. The number of ether oxygens (including phenoxy) is 1. The number of alkyl carbamates (subject to hydrolysis) is 1. The molecule has 1 aliphatic rings. The molecule has 0 aromatic carbocycles. The van der Waals surface area contributed by atoms with Gasteiger partial charge in [-0.25, -0.2) is 4.79 Å². The van der Waals surface area contributed by atoms with Crippen molar-refractivity contribution in [1.29, 1.82) is 0 Å². The lowest BCUT2D eigenvalue weighted by atomic mass is 9.57. The van der Waals surface area contributed by atoms with Crippen molar-refractivity contribution < 1.29 is 9.53 Å². The maximum atomic E-state index is 12.0. The first kappa shape index (κ1) is 18.3. The predicted molar refractivity (Wildman–Crippen MR) is 88.3 cm³/mol. The molecule has 0 aliphatic heterocycles. The van der Waals surface area contributed by atoms with Gasteiger partial charge in [-0.15, -0.1) is 0 Å². The van der Waals surface area contributed by atoms with Crippen LogP contribution in [0.5, 0.6) is 0 Å². The molecule has 1 rings (SSSR count). The van der Waals surface area contributed by atoms with Crippen molar-refractivity contribution in [1.82, 2.24) is 5.32 Å². The fraction of sp³-hybridized carbons (Fsp3) is 0.944. The third kappa shape index (κ3) is 4.62. The lowest BCUT2D eigenvalue weighted by Crippen LogP contribution is -2.49. The van der Waals surface area contributed by atoms with Gasteiger partial charge in [0.15, 0.2) is 0 Å². The third-order valence-corrected chi connectivity index (χ3v) is 5.31. The number of rotatable bonds is 3. The molecule has 21 heavy (non-hydrogen) atoms. The third-order valence-electron chi connectivity index (χ3n) is 5.31. The minimum atomic E-state index is -0.429. The molecule has 0 saturated heterocycles. The first-order chi connectivity index (χ1) is 9.48. The second-order valence-corrected chi connectivity index (χ2v) is 8.52. The van der Waals surface area contributed by atoms with Crippen LogP contribution >= 0.6 is 0 Å². The first-order valence-electron chi connectivity index (χ1n) is 8.47. The molecule has 124 valence electrons. The van der Waals surface area contributed by atoms with Crippen LogP contribution in [0, 0.1) is 23.2 Å². The molecule has 3 heteroatoms. The summed E-state index contributed by atoms with van der Waals surface area (Å²) < 4.78 is 5.39. The highest BCUT2D eigenvalue weighted by Gasteiger charge is 2.43. The smallest absolute Gasteiger partial charge is 0.407 e. The number of nitrogens with one attached hydrogen (secondary N) is 1. The number of amides is 1. The van der Waals surface area contributed by atoms with Gasteiger partial charge in [0.25, 0.3) is 0 Å². The van der Waals surface area contributed by atoms with Crippen molar-refractivity contribution in [2.24, 2.45) is 23.2 Å².